The Labute approximate surface area is 513 Å². The van der Waals surface area contributed by atoms with Gasteiger partial charge < -0.3 is 30.7 Å². The van der Waals surface area contributed by atoms with Crippen LogP contribution in [-0.4, -0.2) is 210 Å². The zero-order valence-corrected chi connectivity index (χ0v) is 52.7. The van der Waals surface area contributed by atoms with Crippen molar-refractivity contribution in [3.05, 3.63) is 130 Å². The largest absolute Gasteiger partial charge is 0.471 e. The van der Waals surface area contributed by atoms with Gasteiger partial charge >= 0.3 is 24.1 Å². The summed E-state index contributed by atoms with van der Waals surface area (Å²) in [7, 11) is -6.44. The Balaban J connectivity index is 0.000000253. The maximum atomic E-state index is 15.3. The van der Waals surface area contributed by atoms with Gasteiger partial charge in [-0.3, -0.25) is 34.0 Å². The van der Waals surface area contributed by atoms with Crippen molar-refractivity contribution in [1.29, 1.82) is 0 Å². The number of ketones is 2. The van der Waals surface area contributed by atoms with Crippen LogP contribution in [0.2, 0.25) is 0 Å². The number of Topliss-reactive ketones (excluding diaryl/α,β-unsaturated/α-hetero) is 2. The summed E-state index contributed by atoms with van der Waals surface area (Å²) < 4.78 is 116. The molecule has 88 heavy (non-hydrogen) atoms. The fourth-order valence-corrected chi connectivity index (χ4v) is 13.2. The van der Waals surface area contributed by atoms with E-state index in [0.29, 0.717) is 11.4 Å². The molecule has 8 rings (SSSR count). The molecule has 3 N–H and O–H groups in total. The summed E-state index contributed by atoms with van der Waals surface area (Å²) in [6, 6.07) is 21.5. The summed E-state index contributed by atoms with van der Waals surface area (Å²) in [6.45, 7) is 23.5. The van der Waals surface area contributed by atoms with Crippen LogP contribution in [0, 0.1) is 22.5 Å². The zero-order chi connectivity index (χ0) is 64.4. The van der Waals surface area contributed by atoms with E-state index in [9.17, 15) is 54.0 Å². The molecule has 482 valence electrons. The standard InChI is InChI=1S/C32H41F4N5O5S.C30H42FN5O4S/c1-31(2,3)22-39-12-10-38(11-13-39)20-23-4-8-26(9-5-23)41(30(44)40-14-16-47(45,46)17-15-40)21-25-7-6-24(18-27(25)33)28(42)19-37-29(43)32(34,35)36;1-30(2,3)22-34-12-10-33(11-13-34)20-23-4-8-26(9-5-23)36(29(38)35-14-16-41(39,40)17-15-35)21-25-7-6-24(18-27(25)31)28(37)19-32/h4-9,18H,10-17,19-22H2,1-3H3,(H,37,43);4-9,18H,10-17,19-22,32H2,1-3H3. The first-order valence-corrected chi connectivity index (χ1v) is 33.2. The van der Waals surface area contributed by atoms with Crippen LogP contribution in [0.15, 0.2) is 84.9 Å². The van der Waals surface area contributed by atoms with Crippen LogP contribution in [0.25, 0.3) is 0 Å². The van der Waals surface area contributed by atoms with Gasteiger partial charge in [0, 0.05) is 138 Å². The number of anilines is 2. The van der Waals surface area contributed by atoms with E-state index < -0.39 is 61.8 Å². The molecule has 4 fully saturated rings. The van der Waals surface area contributed by atoms with E-state index in [2.05, 4.69) is 61.1 Å². The van der Waals surface area contributed by atoms with Crippen LogP contribution in [0.5, 0.6) is 0 Å². The van der Waals surface area contributed by atoms with Crippen molar-refractivity contribution in [3.8, 4) is 0 Å². The highest BCUT2D eigenvalue weighted by atomic mass is 32.2. The summed E-state index contributed by atoms with van der Waals surface area (Å²) in [4.78, 5) is 78.0. The normalized spacial score (nSPS) is 18.0. The quantitative estimate of drug-likeness (QED) is 0.0832. The zero-order valence-electron chi connectivity index (χ0n) is 51.1. The lowest BCUT2D eigenvalue weighted by molar-refractivity contribution is -0.173. The molecule has 4 aromatic carbocycles. The molecule has 0 radical (unpaired) electrons. The summed E-state index contributed by atoms with van der Waals surface area (Å²) >= 11 is 0. The van der Waals surface area contributed by atoms with Crippen LogP contribution in [0.1, 0.15) is 84.5 Å². The van der Waals surface area contributed by atoms with Crippen LogP contribution in [0.4, 0.5) is 42.9 Å². The van der Waals surface area contributed by atoms with Gasteiger partial charge in [0.25, 0.3) is 0 Å². The average molecular weight is 1270 g/mol. The molecule has 5 amide bonds. The molecule has 19 nitrogen and oxygen atoms in total. The second-order valence-electron chi connectivity index (χ2n) is 25.4. The number of nitrogens with two attached hydrogens (primary N) is 1. The highest BCUT2D eigenvalue weighted by molar-refractivity contribution is 7.91. The third kappa shape index (κ3) is 20.6. The first kappa shape index (κ1) is 69.1. The molecule has 0 spiro atoms. The molecule has 0 atom stereocenters. The van der Waals surface area contributed by atoms with E-state index in [1.165, 1.54) is 49.2 Å². The third-order valence-corrected chi connectivity index (χ3v) is 18.8. The molecule has 0 bridgehead atoms. The van der Waals surface area contributed by atoms with Gasteiger partial charge in [-0.1, -0.05) is 90.1 Å². The van der Waals surface area contributed by atoms with Gasteiger partial charge in [-0.05, 0) is 58.4 Å². The maximum Gasteiger partial charge on any atom is 0.471 e. The van der Waals surface area contributed by atoms with E-state index >= 15 is 8.78 Å². The smallest absolute Gasteiger partial charge is 0.341 e. The highest BCUT2D eigenvalue weighted by Gasteiger charge is 2.39. The number of alkyl halides is 3. The Kier molecular flexibility index (Phi) is 23.1. The Morgan fingerprint density at radius 2 is 0.841 bits per heavy atom. The van der Waals surface area contributed by atoms with Crippen molar-refractivity contribution in [3.63, 3.8) is 0 Å². The number of benzene rings is 4. The first-order chi connectivity index (χ1) is 41.2. The molecule has 0 unspecified atom stereocenters. The predicted molar refractivity (Wildman–Crippen MR) is 328 cm³/mol. The number of carbonyl (C=O) groups excluding carboxylic acids is 5. The predicted octanol–water partition coefficient (Wildman–Crippen LogP) is 6.70. The molecule has 4 aliphatic heterocycles. The van der Waals surface area contributed by atoms with Crippen molar-refractivity contribution in [1.82, 2.24) is 34.7 Å². The maximum absolute atomic E-state index is 15.3. The Morgan fingerprint density at radius 3 is 1.16 bits per heavy atom. The third-order valence-electron chi connectivity index (χ3n) is 15.6. The molecular formula is C62H83F5N10O9S2. The molecule has 4 aromatic rings. The highest BCUT2D eigenvalue weighted by Crippen LogP contribution is 2.28. The number of amides is 5. The molecule has 0 aliphatic carbocycles. The number of urea groups is 2. The lowest BCUT2D eigenvalue weighted by Crippen LogP contribution is -2.49. The van der Waals surface area contributed by atoms with Crippen molar-refractivity contribution in [2.45, 2.75) is 73.9 Å². The number of carbonyl (C=O) groups is 5. The molecule has 4 aliphatic rings. The Morgan fingerprint density at radius 1 is 0.500 bits per heavy atom. The van der Waals surface area contributed by atoms with Crippen LogP contribution >= 0.6 is 0 Å². The molecule has 4 heterocycles. The van der Waals surface area contributed by atoms with Crippen LogP contribution < -0.4 is 20.9 Å². The minimum Gasteiger partial charge on any atom is -0.341 e. The lowest BCUT2D eigenvalue weighted by atomic mass is 9.96. The lowest BCUT2D eigenvalue weighted by Gasteiger charge is -2.38. The van der Waals surface area contributed by atoms with Gasteiger partial charge in [-0.15, -0.1) is 0 Å². The summed E-state index contributed by atoms with van der Waals surface area (Å²) in [6.07, 6.45) is -5.16. The monoisotopic (exact) mass is 1270 g/mol. The number of nitrogens with zero attached hydrogens (tertiary/aromatic N) is 8. The molecular weight excluding hydrogens is 1190 g/mol. The number of sulfone groups is 2. The van der Waals surface area contributed by atoms with E-state index in [0.717, 1.165) is 102 Å². The van der Waals surface area contributed by atoms with E-state index in [1.807, 2.05) is 36.4 Å². The van der Waals surface area contributed by atoms with Crippen molar-refractivity contribution in [2.24, 2.45) is 16.6 Å². The molecule has 26 heteroatoms. The van der Waals surface area contributed by atoms with Crippen molar-refractivity contribution in [2.75, 3.05) is 138 Å². The van der Waals surface area contributed by atoms with Gasteiger partial charge in [0.1, 0.15) is 11.6 Å². The molecule has 0 aromatic heterocycles. The SMILES string of the molecule is CC(C)(C)CN1CCN(Cc2ccc(N(Cc3ccc(C(=O)CN)cc3F)C(=O)N3CCS(=O)(=O)CC3)cc2)CC1.CC(C)(C)CN1CCN(Cc2ccc(N(Cc3ccc(C(=O)CNC(=O)C(F)(F)F)cc3F)C(=O)N3CCS(=O)(=O)CC3)cc2)CC1. The van der Waals surface area contributed by atoms with Crippen molar-refractivity contribution >= 4 is 60.6 Å². The van der Waals surface area contributed by atoms with Crippen molar-refractivity contribution < 1.29 is 62.8 Å². The van der Waals surface area contributed by atoms with Gasteiger partial charge in [-0.25, -0.2) is 35.2 Å². The van der Waals surface area contributed by atoms with Gasteiger partial charge in [-0.2, -0.15) is 13.2 Å². The Hall–Kier alpha value is -6.42. The van der Waals surface area contributed by atoms with E-state index in [4.69, 9.17) is 5.73 Å². The number of hydrogen-bond donors (Lipinski definition) is 2. The molecule has 0 saturated carbocycles. The van der Waals surface area contributed by atoms with Gasteiger partial charge in [0.2, 0.25) is 0 Å². The van der Waals surface area contributed by atoms with E-state index in [1.54, 1.807) is 12.1 Å². The fraction of sp³-hybridized carbons (Fsp3) is 0.532. The Bertz CT molecular complexity index is 3300. The van der Waals surface area contributed by atoms with Gasteiger partial charge in [0.15, 0.2) is 31.2 Å². The van der Waals surface area contributed by atoms with Crippen LogP contribution in [-0.2, 0) is 50.6 Å². The second-order valence-corrected chi connectivity index (χ2v) is 30.0. The summed E-state index contributed by atoms with van der Waals surface area (Å²) in [5.74, 6) is -5.64. The minimum atomic E-state index is -5.16. The topological polar surface area (TPSA) is 218 Å². The summed E-state index contributed by atoms with van der Waals surface area (Å²) in [5, 5.41) is 1.46. The fourth-order valence-electron chi connectivity index (χ4n) is 10.8. The van der Waals surface area contributed by atoms with Gasteiger partial charge in [0.05, 0.1) is 49.2 Å². The number of piperazine rings is 2. The molecule has 4 saturated heterocycles. The first-order valence-electron chi connectivity index (χ1n) is 29.5. The minimum absolute atomic E-state index is 0.0174. The van der Waals surface area contributed by atoms with Crippen LogP contribution in [0.3, 0.4) is 0 Å². The number of rotatable bonds is 17. The summed E-state index contributed by atoms with van der Waals surface area (Å²) in [5.41, 5.74) is 9.29. The number of hydrogen-bond acceptors (Lipinski definition) is 14. The number of halogens is 5. The second kappa shape index (κ2) is 29.5. The van der Waals surface area contributed by atoms with E-state index in [-0.39, 0.29) is 114 Å². The number of nitrogens with one attached hydrogen (secondary N) is 1. The average Bonchev–Trinajstić information content (AvgIpc) is 2.67.